The first kappa shape index (κ1) is 19.6. The van der Waals surface area contributed by atoms with Gasteiger partial charge in [0.05, 0.1) is 5.54 Å². The van der Waals surface area contributed by atoms with Crippen molar-refractivity contribution in [2.24, 2.45) is 0 Å². The highest BCUT2D eigenvalue weighted by molar-refractivity contribution is 5.23. The minimum atomic E-state index is -6.58. The Morgan fingerprint density at radius 2 is 1.35 bits per heavy atom. The van der Waals surface area contributed by atoms with E-state index in [1.807, 2.05) is 0 Å². The van der Waals surface area contributed by atoms with Gasteiger partial charge < -0.3 is 0 Å². The molecule has 0 bridgehead atoms. The predicted molar refractivity (Wildman–Crippen MR) is 62.8 cm³/mol. The summed E-state index contributed by atoms with van der Waals surface area (Å²) in [4.78, 5) is 0. The highest BCUT2D eigenvalue weighted by Gasteiger charge is 2.79. The molecule has 0 amide bonds. The van der Waals surface area contributed by atoms with Crippen molar-refractivity contribution in [3.05, 3.63) is 35.9 Å². The lowest BCUT2D eigenvalue weighted by Gasteiger charge is -2.41. The van der Waals surface area contributed by atoms with E-state index >= 15 is 0 Å². The summed E-state index contributed by atoms with van der Waals surface area (Å²) in [5, 5.41) is 10.1. The van der Waals surface area contributed by atoms with Crippen LogP contribution in [0.3, 0.4) is 0 Å². The molecule has 2 nitrogen and oxygen atoms in total. The van der Waals surface area contributed by atoms with E-state index in [0.29, 0.717) is 0 Å². The number of halogens is 8. The molecule has 131 valence electrons. The van der Waals surface area contributed by atoms with Crippen LogP contribution in [-0.2, 0) is 10.7 Å². The van der Waals surface area contributed by atoms with Crippen LogP contribution < -0.4 is 0 Å². The molecule has 0 N–H and O–H groups in total. The topological polar surface area (TPSA) is 23.1 Å². The lowest BCUT2D eigenvalue weighted by molar-refractivity contribution is -0.455. The second-order valence-corrected chi connectivity index (χ2v) is 5.26. The Balaban J connectivity index is 3.31. The van der Waals surface area contributed by atoms with Gasteiger partial charge in [0.2, 0.25) is 0 Å². The maximum Gasteiger partial charge on any atom is 0.398 e. The Bertz CT molecular complexity index is 532. The van der Waals surface area contributed by atoms with E-state index in [0.717, 1.165) is 26.0 Å². The Kier molecular flexibility index (Phi) is 5.03. The molecule has 0 atom stereocenters. The Morgan fingerprint density at radius 3 is 1.74 bits per heavy atom. The van der Waals surface area contributed by atoms with Gasteiger partial charge in [-0.3, -0.25) is 0 Å². The fourth-order valence-electron chi connectivity index (χ4n) is 1.78. The zero-order valence-electron chi connectivity index (χ0n) is 11.8. The van der Waals surface area contributed by atoms with Gasteiger partial charge in [0, 0.05) is 0 Å². The highest BCUT2D eigenvalue weighted by atomic mass is 19.4. The van der Waals surface area contributed by atoms with Crippen LogP contribution in [0.15, 0.2) is 30.3 Å². The van der Waals surface area contributed by atoms with Crippen LogP contribution >= 0.6 is 0 Å². The average Bonchev–Trinajstić information content (AvgIpc) is 2.46. The van der Waals surface area contributed by atoms with Crippen molar-refractivity contribution < 1.29 is 40.3 Å². The third-order valence-corrected chi connectivity index (χ3v) is 3.31. The van der Waals surface area contributed by atoms with Crippen LogP contribution in [0.1, 0.15) is 19.4 Å². The fraction of sp³-hybridized carbons (Fsp3) is 0.538. The van der Waals surface area contributed by atoms with E-state index in [2.05, 4.69) is 0 Å². The van der Waals surface area contributed by atoms with E-state index in [1.54, 1.807) is 0 Å². The van der Waals surface area contributed by atoms with Gasteiger partial charge in [0.1, 0.15) is 0 Å². The van der Waals surface area contributed by atoms with Crippen LogP contribution in [0.4, 0.5) is 35.1 Å². The van der Waals surface area contributed by atoms with Crippen molar-refractivity contribution in [3.63, 3.8) is 0 Å². The zero-order valence-corrected chi connectivity index (χ0v) is 11.8. The number of nitrogens with zero attached hydrogens (tertiary/aromatic N) is 1. The second-order valence-electron chi connectivity index (χ2n) is 5.26. The quantitative estimate of drug-likeness (QED) is 0.414. The maximum absolute atomic E-state index is 13.7. The molecular formula is C13H12F8NO. The van der Waals surface area contributed by atoms with Crippen molar-refractivity contribution in [2.75, 3.05) is 0 Å². The van der Waals surface area contributed by atoms with Crippen molar-refractivity contribution >= 4 is 0 Å². The molecule has 1 rings (SSSR count). The minimum Gasteiger partial charge on any atom is -0.203 e. The third kappa shape index (κ3) is 3.01. The molecule has 0 heterocycles. The van der Waals surface area contributed by atoms with Gasteiger partial charge in [-0.2, -0.15) is 26.3 Å². The number of alkyl halides is 8. The van der Waals surface area contributed by atoms with Crippen LogP contribution in [-0.4, -0.2) is 29.4 Å². The van der Waals surface area contributed by atoms with Gasteiger partial charge in [0.25, 0.3) is 0 Å². The molecule has 0 unspecified atom stereocenters. The number of hydroxylamine groups is 2. The van der Waals surface area contributed by atoms with Crippen molar-refractivity contribution in [2.45, 2.75) is 43.7 Å². The number of hydrogen-bond donors (Lipinski definition) is 0. The molecule has 0 aliphatic heterocycles. The predicted octanol–water partition coefficient (Wildman–Crippen LogP) is 4.70. The number of hydrogen-bond acceptors (Lipinski definition) is 1. The summed E-state index contributed by atoms with van der Waals surface area (Å²) >= 11 is 0. The molecule has 0 spiro atoms. The zero-order chi connectivity index (χ0) is 18.3. The third-order valence-electron chi connectivity index (χ3n) is 3.31. The Morgan fingerprint density at radius 1 is 0.913 bits per heavy atom. The molecule has 0 aliphatic carbocycles. The first-order chi connectivity index (χ1) is 10.2. The molecule has 23 heavy (non-hydrogen) atoms. The van der Waals surface area contributed by atoms with Crippen molar-refractivity contribution in [1.29, 1.82) is 0 Å². The van der Waals surface area contributed by atoms with Crippen LogP contribution in [0, 0.1) is 0 Å². The number of rotatable bonds is 6. The largest absolute Gasteiger partial charge is 0.398 e. The smallest absolute Gasteiger partial charge is 0.203 e. The molecule has 1 aromatic carbocycles. The molecule has 1 aromatic rings. The number of benzene rings is 1. The summed E-state index contributed by atoms with van der Waals surface area (Å²) < 4.78 is 104. The van der Waals surface area contributed by atoms with Gasteiger partial charge in [-0.05, 0) is 19.4 Å². The van der Waals surface area contributed by atoms with Gasteiger partial charge in [-0.25, -0.2) is 8.78 Å². The van der Waals surface area contributed by atoms with Gasteiger partial charge >= 0.3 is 24.3 Å². The van der Waals surface area contributed by atoms with E-state index < -0.39 is 34.9 Å². The van der Waals surface area contributed by atoms with Crippen molar-refractivity contribution in [3.8, 4) is 0 Å². The lowest BCUT2D eigenvalue weighted by Crippen LogP contribution is -2.66. The van der Waals surface area contributed by atoms with E-state index in [9.17, 15) is 40.3 Å². The molecule has 10 heteroatoms. The van der Waals surface area contributed by atoms with Crippen LogP contribution in [0.5, 0.6) is 0 Å². The molecule has 0 saturated heterocycles. The van der Waals surface area contributed by atoms with Crippen LogP contribution in [0.25, 0.3) is 0 Å². The van der Waals surface area contributed by atoms with Crippen molar-refractivity contribution in [1.82, 2.24) is 5.06 Å². The fourth-order valence-corrected chi connectivity index (χ4v) is 1.78. The monoisotopic (exact) mass is 350 g/mol. The molecule has 0 fully saturated rings. The van der Waals surface area contributed by atoms with Gasteiger partial charge in [-0.1, -0.05) is 35.4 Å². The summed E-state index contributed by atoms with van der Waals surface area (Å²) in [6, 6.07) is 0.220. The summed E-state index contributed by atoms with van der Waals surface area (Å²) in [5.41, 5.74) is -2.57. The molecule has 1 radical (unpaired) electrons. The Hall–Kier alpha value is -1.42. The van der Waals surface area contributed by atoms with E-state index in [1.165, 1.54) is 18.2 Å². The van der Waals surface area contributed by atoms with Crippen LogP contribution in [0.2, 0.25) is 0 Å². The summed E-state index contributed by atoms with van der Waals surface area (Å²) in [7, 11) is 0. The van der Waals surface area contributed by atoms with Gasteiger partial charge in [-0.15, -0.1) is 5.21 Å². The molecule has 0 saturated carbocycles. The summed E-state index contributed by atoms with van der Waals surface area (Å²) in [6.07, 6.45) is -5.07. The first-order valence-corrected chi connectivity index (χ1v) is 6.15. The molecule has 0 aliphatic rings. The maximum atomic E-state index is 13.7. The SMILES string of the molecule is CC(C)(c1ccccc1)N([O])C(F)(F)C(F)(F)C(F)(F)C(F)F. The molecular weight excluding hydrogens is 338 g/mol. The standard InChI is InChI=1S/C13H12F8NO/c1-10(2,8-6-4-3-5-7-8)22(23)13(20,21)12(18,19)11(16,17)9(14)15/h3-7,9H,1-2H3. The summed E-state index contributed by atoms with van der Waals surface area (Å²) in [6.45, 7) is 1.56. The van der Waals surface area contributed by atoms with Gasteiger partial charge in [0.15, 0.2) is 0 Å². The second kappa shape index (κ2) is 5.90. The normalized spacial score (nSPS) is 14.7. The summed E-state index contributed by atoms with van der Waals surface area (Å²) in [5.74, 6) is -13.0. The van der Waals surface area contributed by atoms with E-state index in [-0.39, 0.29) is 5.56 Å². The Labute approximate surface area is 126 Å². The van der Waals surface area contributed by atoms with E-state index in [4.69, 9.17) is 0 Å². The lowest BCUT2D eigenvalue weighted by atomic mass is 9.92. The highest BCUT2D eigenvalue weighted by Crippen LogP contribution is 2.52. The average molecular weight is 350 g/mol. The molecule has 0 aromatic heterocycles. The minimum absolute atomic E-state index is 0.189. The first-order valence-electron chi connectivity index (χ1n) is 6.15.